The minimum atomic E-state index is -0.981. The molecule has 104 valence electrons. The molecule has 1 aliphatic carbocycles. The molecule has 18 heavy (non-hydrogen) atoms. The van der Waals surface area contributed by atoms with E-state index in [4.69, 9.17) is 5.11 Å². The fourth-order valence-electron chi connectivity index (χ4n) is 1.71. The van der Waals surface area contributed by atoms with Gasteiger partial charge in [0.15, 0.2) is 0 Å². The molecule has 0 radical (unpaired) electrons. The molecule has 1 fully saturated rings. The van der Waals surface area contributed by atoms with Gasteiger partial charge in [0.1, 0.15) is 6.04 Å². The number of aliphatic carboxylic acids is 1. The molecule has 1 saturated carbocycles. The van der Waals surface area contributed by atoms with Gasteiger partial charge in [-0.15, -0.1) is 0 Å². The number of hydrogen-bond acceptors (Lipinski definition) is 3. The number of carboxylic acids is 1. The third kappa shape index (κ3) is 4.08. The number of nitrogens with one attached hydrogen (secondary N) is 2. The Balaban J connectivity index is 2.39. The Bertz CT molecular complexity index is 318. The smallest absolute Gasteiger partial charge is 0.326 e. The predicted molar refractivity (Wildman–Crippen MR) is 72.9 cm³/mol. The van der Waals surface area contributed by atoms with Crippen molar-refractivity contribution in [1.82, 2.24) is 10.6 Å². The lowest BCUT2D eigenvalue weighted by Crippen LogP contribution is -2.50. The first kappa shape index (κ1) is 15.1. The normalized spacial score (nSPS) is 19.7. The van der Waals surface area contributed by atoms with Crippen LogP contribution in [0.3, 0.4) is 0 Å². The minimum Gasteiger partial charge on any atom is -0.480 e. The van der Waals surface area contributed by atoms with E-state index in [1.807, 2.05) is 20.1 Å². The van der Waals surface area contributed by atoms with Crippen molar-refractivity contribution >= 4 is 23.8 Å². The van der Waals surface area contributed by atoms with Gasteiger partial charge in [0.2, 0.25) is 0 Å². The van der Waals surface area contributed by atoms with Gasteiger partial charge < -0.3 is 15.7 Å². The summed E-state index contributed by atoms with van der Waals surface area (Å²) in [5.74, 6) is -1.06. The van der Waals surface area contributed by atoms with E-state index in [0.29, 0.717) is 13.0 Å². The van der Waals surface area contributed by atoms with Crippen LogP contribution in [-0.2, 0) is 4.79 Å². The van der Waals surface area contributed by atoms with Crippen molar-refractivity contribution in [2.24, 2.45) is 5.92 Å². The molecule has 2 atom stereocenters. The monoisotopic (exact) mass is 274 g/mol. The SMILES string of the molecule is CCC(C)C(NC(=O)NCC1(SC)CC1)C(=O)O. The van der Waals surface area contributed by atoms with Crippen LogP contribution in [0.15, 0.2) is 0 Å². The molecule has 1 aliphatic rings. The van der Waals surface area contributed by atoms with Gasteiger partial charge in [-0.1, -0.05) is 20.3 Å². The van der Waals surface area contributed by atoms with Crippen molar-refractivity contribution in [2.75, 3.05) is 12.8 Å². The first-order valence-corrected chi connectivity index (χ1v) is 7.49. The van der Waals surface area contributed by atoms with Crippen molar-refractivity contribution < 1.29 is 14.7 Å². The first-order chi connectivity index (χ1) is 8.44. The predicted octanol–water partition coefficient (Wildman–Crippen LogP) is 1.68. The maximum absolute atomic E-state index is 11.7. The molecule has 0 saturated heterocycles. The molecule has 6 heteroatoms. The fraction of sp³-hybridized carbons (Fsp3) is 0.833. The first-order valence-electron chi connectivity index (χ1n) is 6.26. The fourth-order valence-corrected chi connectivity index (χ4v) is 2.44. The average molecular weight is 274 g/mol. The summed E-state index contributed by atoms with van der Waals surface area (Å²) in [6.45, 7) is 4.34. The lowest BCUT2D eigenvalue weighted by Gasteiger charge is -2.21. The van der Waals surface area contributed by atoms with Crippen LogP contribution < -0.4 is 10.6 Å². The van der Waals surface area contributed by atoms with E-state index in [2.05, 4.69) is 10.6 Å². The molecule has 2 unspecified atom stereocenters. The quantitative estimate of drug-likeness (QED) is 0.660. The van der Waals surface area contributed by atoms with Crippen molar-refractivity contribution in [3.8, 4) is 0 Å². The molecule has 0 aromatic rings. The lowest BCUT2D eigenvalue weighted by molar-refractivity contribution is -0.140. The molecule has 0 aromatic heterocycles. The molecule has 0 bridgehead atoms. The Morgan fingerprint density at radius 3 is 2.44 bits per heavy atom. The maximum atomic E-state index is 11.7. The van der Waals surface area contributed by atoms with Crippen LogP contribution in [0.1, 0.15) is 33.1 Å². The van der Waals surface area contributed by atoms with Crippen LogP contribution in [0.25, 0.3) is 0 Å². The van der Waals surface area contributed by atoms with E-state index < -0.39 is 12.0 Å². The van der Waals surface area contributed by atoms with Gasteiger partial charge in [0.05, 0.1) is 0 Å². The Kier molecular flexibility index (Phi) is 5.31. The summed E-state index contributed by atoms with van der Waals surface area (Å²) >= 11 is 1.76. The second-order valence-electron chi connectivity index (χ2n) is 4.92. The van der Waals surface area contributed by atoms with Crippen molar-refractivity contribution in [2.45, 2.75) is 43.9 Å². The largest absolute Gasteiger partial charge is 0.480 e. The molecule has 5 nitrogen and oxygen atoms in total. The summed E-state index contributed by atoms with van der Waals surface area (Å²) in [5.41, 5.74) is 0. The van der Waals surface area contributed by atoms with E-state index >= 15 is 0 Å². The van der Waals surface area contributed by atoms with E-state index in [9.17, 15) is 9.59 Å². The zero-order valence-electron chi connectivity index (χ0n) is 11.2. The summed E-state index contributed by atoms with van der Waals surface area (Å²) in [4.78, 5) is 22.7. The summed E-state index contributed by atoms with van der Waals surface area (Å²) in [6.07, 6.45) is 4.97. The summed E-state index contributed by atoms with van der Waals surface area (Å²) < 4.78 is 0.187. The van der Waals surface area contributed by atoms with Gasteiger partial charge in [0, 0.05) is 11.3 Å². The molecule has 0 heterocycles. The third-order valence-electron chi connectivity index (χ3n) is 3.58. The molecular formula is C12H22N2O3S. The molecule has 2 amide bonds. The van der Waals surface area contributed by atoms with Crippen LogP contribution in [0.5, 0.6) is 0 Å². The minimum absolute atomic E-state index is 0.0799. The highest BCUT2D eigenvalue weighted by atomic mass is 32.2. The van der Waals surface area contributed by atoms with Gasteiger partial charge in [-0.25, -0.2) is 9.59 Å². The van der Waals surface area contributed by atoms with Crippen LogP contribution in [0.4, 0.5) is 4.79 Å². The molecule has 0 aliphatic heterocycles. The number of rotatable bonds is 7. The third-order valence-corrected chi connectivity index (χ3v) is 5.00. The second kappa shape index (κ2) is 6.31. The van der Waals surface area contributed by atoms with Gasteiger partial charge in [-0.3, -0.25) is 0 Å². The Morgan fingerprint density at radius 2 is 2.06 bits per heavy atom. The highest BCUT2D eigenvalue weighted by Gasteiger charge is 2.42. The summed E-state index contributed by atoms with van der Waals surface area (Å²) in [7, 11) is 0. The van der Waals surface area contributed by atoms with Gasteiger partial charge in [-0.2, -0.15) is 11.8 Å². The van der Waals surface area contributed by atoms with Crippen LogP contribution in [0.2, 0.25) is 0 Å². The molecule has 3 N–H and O–H groups in total. The Labute approximate surface area is 112 Å². The molecule has 1 rings (SSSR count). The van der Waals surface area contributed by atoms with Crippen molar-refractivity contribution in [1.29, 1.82) is 0 Å². The van der Waals surface area contributed by atoms with Crippen molar-refractivity contribution in [3.63, 3.8) is 0 Å². The number of hydrogen-bond donors (Lipinski definition) is 3. The standard InChI is InChI=1S/C12H22N2O3S/c1-4-8(2)9(10(15)16)14-11(17)13-7-12(18-3)5-6-12/h8-9H,4-7H2,1-3H3,(H,15,16)(H2,13,14,17). The molecular weight excluding hydrogens is 252 g/mol. The van der Waals surface area contributed by atoms with E-state index in [0.717, 1.165) is 12.8 Å². The number of urea groups is 1. The van der Waals surface area contributed by atoms with E-state index in [-0.39, 0.29) is 16.7 Å². The number of carbonyl (C=O) groups is 2. The van der Waals surface area contributed by atoms with Crippen LogP contribution >= 0.6 is 11.8 Å². The zero-order chi connectivity index (χ0) is 13.8. The summed E-state index contributed by atoms with van der Waals surface area (Å²) in [5, 5.41) is 14.4. The number of carboxylic acid groups (broad SMARTS) is 1. The van der Waals surface area contributed by atoms with Gasteiger partial charge in [-0.05, 0) is 25.0 Å². The van der Waals surface area contributed by atoms with Gasteiger partial charge >= 0.3 is 12.0 Å². The summed E-state index contributed by atoms with van der Waals surface area (Å²) in [6, 6.07) is -1.21. The van der Waals surface area contributed by atoms with Crippen molar-refractivity contribution in [3.05, 3.63) is 0 Å². The number of carbonyl (C=O) groups excluding carboxylic acids is 1. The van der Waals surface area contributed by atoms with Gasteiger partial charge in [0.25, 0.3) is 0 Å². The highest BCUT2D eigenvalue weighted by molar-refractivity contribution is 8.00. The molecule has 0 aromatic carbocycles. The topological polar surface area (TPSA) is 78.4 Å². The molecule has 0 spiro atoms. The Morgan fingerprint density at radius 1 is 1.44 bits per heavy atom. The lowest BCUT2D eigenvalue weighted by atomic mass is 9.99. The second-order valence-corrected chi connectivity index (χ2v) is 6.19. The highest BCUT2D eigenvalue weighted by Crippen LogP contribution is 2.46. The Hall–Kier alpha value is -0.910. The maximum Gasteiger partial charge on any atom is 0.326 e. The van der Waals surface area contributed by atoms with Crippen LogP contribution in [0, 0.1) is 5.92 Å². The van der Waals surface area contributed by atoms with Crippen LogP contribution in [-0.4, -0.2) is 40.7 Å². The number of thioether (sulfide) groups is 1. The average Bonchev–Trinajstić information content (AvgIpc) is 3.13. The van der Waals surface area contributed by atoms with E-state index in [1.54, 1.807) is 11.8 Å². The van der Waals surface area contributed by atoms with E-state index in [1.165, 1.54) is 0 Å². The number of amides is 2. The zero-order valence-corrected chi connectivity index (χ0v) is 12.0.